The lowest BCUT2D eigenvalue weighted by atomic mass is 9.95. The minimum atomic E-state index is -3.21. The van der Waals surface area contributed by atoms with Gasteiger partial charge in [-0.3, -0.25) is 0 Å². The first-order chi connectivity index (χ1) is 9.15. The van der Waals surface area contributed by atoms with E-state index in [-0.39, 0.29) is 6.04 Å². The summed E-state index contributed by atoms with van der Waals surface area (Å²) in [4.78, 5) is 0. The van der Waals surface area contributed by atoms with Gasteiger partial charge in [0.25, 0.3) is 0 Å². The zero-order valence-corrected chi connectivity index (χ0v) is 14.9. The molecule has 1 aromatic rings. The van der Waals surface area contributed by atoms with Crippen molar-refractivity contribution in [2.75, 3.05) is 19.9 Å². The van der Waals surface area contributed by atoms with E-state index in [0.29, 0.717) is 6.61 Å². The summed E-state index contributed by atoms with van der Waals surface area (Å²) in [6, 6.07) is 5.29. The van der Waals surface area contributed by atoms with E-state index in [9.17, 15) is 8.42 Å². The molecule has 0 heterocycles. The van der Waals surface area contributed by atoms with Gasteiger partial charge in [-0.15, -0.1) is 0 Å². The van der Waals surface area contributed by atoms with E-state index in [4.69, 9.17) is 4.74 Å². The number of nitrogens with one attached hydrogen (secondary N) is 1. The van der Waals surface area contributed by atoms with E-state index < -0.39 is 14.6 Å². The Hall–Kier alpha value is -0.590. The lowest BCUT2D eigenvalue weighted by molar-refractivity contribution is 0.339. The molecule has 1 unspecified atom stereocenters. The monoisotopic (exact) mass is 363 g/mol. The molecule has 114 valence electrons. The third-order valence-electron chi connectivity index (χ3n) is 3.53. The van der Waals surface area contributed by atoms with Gasteiger partial charge < -0.3 is 10.1 Å². The van der Waals surface area contributed by atoms with Gasteiger partial charge in [-0.1, -0.05) is 22.0 Å². The summed E-state index contributed by atoms with van der Waals surface area (Å²) >= 11 is 3.50. The molecule has 0 bridgehead atoms. The Morgan fingerprint density at radius 1 is 1.40 bits per heavy atom. The quantitative estimate of drug-likeness (QED) is 0.843. The SMILES string of the molecule is CCOc1ccc(C(NC)C(C)(C)S(C)(=O)=O)c(Br)c1. The fraction of sp³-hybridized carbons (Fsp3) is 0.571. The number of halogens is 1. The molecular weight excluding hydrogens is 342 g/mol. The zero-order chi connectivity index (χ0) is 15.6. The van der Waals surface area contributed by atoms with Gasteiger partial charge in [0.1, 0.15) is 5.75 Å². The van der Waals surface area contributed by atoms with E-state index in [0.717, 1.165) is 15.8 Å². The minimum absolute atomic E-state index is 0.317. The van der Waals surface area contributed by atoms with Crippen molar-refractivity contribution >= 4 is 25.8 Å². The Morgan fingerprint density at radius 2 is 2.00 bits per heavy atom. The Bertz CT molecular complexity index is 570. The first-order valence-corrected chi connectivity index (χ1v) is 9.12. The van der Waals surface area contributed by atoms with Gasteiger partial charge in [0, 0.05) is 10.7 Å². The number of hydrogen-bond donors (Lipinski definition) is 1. The van der Waals surface area contributed by atoms with Crippen LogP contribution in [0, 0.1) is 0 Å². The normalized spacial score (nSPS) is 14.1. The minimum Gasteiger partial charge on any atom is -0.494 e. The zero-order valence-electron chi connectivity index (χ0n) is 12.5. The molecule has 0 aliphatic heterocycles. The van der Waals surface area contributed by atoms with Gasteiger partial charge in [0.2, 0.25) is 0 Å². The average molecular weight is 364 g/mol. The van der Waals surface area contributed by atoms with E-state index >= 15 is 0 Å². The number of rotatable bonds is 6. The molecule has 1 N–H and O–H groups in total. The molecule has 1 atom stereocenters. The van der Waals surface area contributed by atoms with Crippen molar-refractivity contribution in [3.63, 3.8) is 0 Å². The van der Waals surface area contributed by atoms with Crippen molar-refractivity contribution in [1.82, 2.24) is 5.32 Å². The van der Waals surface area contributed by atoms with Crippen LogP contribution >= 0.6 is 15.9 Å². The van der Waals surface area contributed by atoms with E-state index in [1.807, 2.05) is 25.1 Å². The van der Waals surface area contributed by atoms with Crippen LogP contribution in [0.2, 0.25) is 0 Å². The second-order valence-electron chi connectivity index (χ2n) is 5.21. The highest BCUT2D eigenvalue weighted by molar-refractivity contribution is 9.10. The molecule has 0 spiro atoms. The maximum Gasteiger partial charge on any atom is 0.154 e. The van der Waals surface area contributed by atoms with Crippen LogP contribution in [0.4, 0.5) is 0 Å². The van der Waals surface area contributed by atoms with Gasteiger partial charge in [0.05, 0.1) is 17.4 Å². The van der Waals surface area contributed by atoms with Crippen molar-refractivity contribution in [2.45, 2.75) is 31.6 Å². The standard InChI is InChI=1S/C14H22BrNO3S/c1-6-19-10-7-8-11(12(15)9-10)13(16-4)14(2,3)20(5,17)18/h7-9,13,16H,6H2,1-5H3. The molecule has 1 aromatic carbocycles. The van der Waals surface area contributed by atoms with Crippen molar-refractivity contribution in [3.8, 4) is 5.75 Å². The molecule has 0 amide bonds. The first-order valence-electron chi connectivity index (χ1n) is 6.44. The highest BCUT2D eigenvalue weighted by Gasteiger charge is 2.39. The average Bonchev–Trinajstić information content (AvgIpc) is 2.31. The van der Waals surface area contributed by atoms with E-state index in [2.05, 4.69) is 21.2 Å². The predicted molar refractivity (Wildman–Crippen MR) is 86.0 cm³/mol. The Morgan fingerprint density at radius 3 is 2.40 bits per heavy atom. The molecule has 4 nitrogen and oxygen atoms in total. The van der Waals surface area contributed by atoms with Crippen LogP contribution in [0.25, 0.3) is 0 Å². The maximum atomic E-state index is 12.0. The van der Waals surface area contributed by atoms with Gasteiger partial charge in [-0.05, 0) is 45.5 Å². The molecule has 0 fully saturated rings. The third-order valence-corrected chi connectivity index (χ3v) is 6.37. The second-order valence-corrected chi connectivity index (χ2v) is 8.66. The van der Waals surface area contributed by atoms with Gasteiger partial charge in [0.15, 0.2) is 9.84 Å². The fourth-order valence-electron chi connectivity index (χ4n) is 2.09. The molecule has 1 rings (SSSR count). The van der Waals surface area contributed by atoms with Gasteiger partial charge in [-0.2, -0.15) is 0 Å². The first kappa shape index (κ1) is 17.5. The molecule has 0 aliphatic carbocycles. The number of ether oxygens (including phenoxy) is 1. The number of sulfone groups is 1. The van der Waals surface area contributed by atoms with Crippen LogP contribution in [0.5, 0.6) is 5.75 Å². The molecule has 0 saturated heterocycles. The molecule has 20 heavy (non-hydrogen) atoms. The predicted octanol–water partition coefficient (Wildman–Crippen LogP) is 2.93. The molecule has 0 aromatic heterocycles. The Kier molecular flexibility index (Phi) is 5.63. The summed E-state index contributed by atoms with van der Waals surface area (Å²) in [6.45, 7) is 5.97. The Labute approximate surface area is 130 Å². The van der Waals surface area contributed by atoms with Crippen molar-refractivity contribution in [3.05, 3.63) is 28.2 Å². The van der Waals surface area contributed by atoms with Crippen LogP contribution in [0.3, 0.4) is 0 Å². The lowest BCUT2D eigenvalue weighted by Gasteiger charge is -2.33. The third kappa shape index (κ3) is 3.54. The molecule has 0 aliphatic rings. The van der Waals surface area contributed by atoms with Crippen LogP contribution in [0.15, 0.2) is 22.7 Å². The molecule has 6 heteroatoms. The van der Waals surface area contributed by atoms with Crippen LogP contribution in [0.1, 0.15) is 32.4 Å². The van der Waals surface area contributed by atoms with Crippen molar-refractivity contribution < 1.29 is 13.2 Å². The summed E-state index contributed by atoms with van der Waals surface area (Å²) < 4.78 is 29.4. The summed E-state index contributed by atoms with van der Waals surface area (Å²) in [7, 11) is -1.45. The largest absolute Gasteiger partial charge is 0.494 e. The van der Waals surface area contributed by atoms with Crippen LogP contribution in [-0.2, 0) is 9.84 Å². The highest BCUT2D eigenvalue weighted by atomic mass is 79.9. The molecular formula is C14H22BrNO3S. The summed E-state index contributed by atoms with van der Waals surface area (Å²) in [5.74, 6) is 0.759. The summed E-state index contributed by atoms with van der Waals surface area (Å²) in [5, 5.41) is 3.11. The van der Waals surface area contributed by atoms with Crippen molar-refractivity contribution in [2.24, 2.45) is 0 Å². The molecule has 0 saturated carbocycles. The number of hydrogen-bond acceptors (Lipinski definition) is 4. The smallest absolute Gasteiger partial charge is 0.154 e. The van der Waals surface area contributed by atoms with Crippen LogP contribution < -0.4 is 10.1 Å². The van der Waals surface area contributed by atoms with Crippen LogP contribution in [-0.4, -0.2) is 33.1 Å². The number of benzene rings is 1. The van der Waals surface area contributed by atoms with Crippen molar-refractivity contribution in [1.29, 1.82) is 0 Å². The lowest BCUT2D eigenvalue weighted by Crippen LogP contribution is -2.43. The Balaban J connectivity index is 3.27. The topological polar surface area (TPSA) is 55.4 Å². The van der Waals surface area contributed by atoms with Gasteiger partial charge >= 0.3 is 0 Å². The summed E-state index contributed by atoms with van der Waals surface area (Å²) in [5.41, 5.74) is 0.895. The van der Waals surface area contributed by atoms with E-state index in [1.54, 1.807) is 20.9 Å². The second kappa shape index (κ2) is 6.45. The molecule has 0 radical (unpaired) electrons. The fourth-order valence-corrected chi connectivity index (χ4v) is 3.35. The van der Waals surface area contributed by atoms with E-state index in [1.165, 1.54) is 6.26 Å². The summed E-state index contributed by atoms with van der Waals surface area (Å²) in [6.07, 6.45) is 1.26. The van der Waals surface area contributed by atoms with Gasteiger partial charge in [-0.25, -0.2) is 8.42 Å². The maximum absolute atomic E-state index is 12.0. The highest BCUT2D eigenvalue weighted by Crippen LogP contribution is 2.37.